The molecule has 3 heterocycles. The van der Waals surface area contributed by atoms with Crippen LogP contribution in [0.3, 0.4) is 0 Å². The Morgan fingerprint density at radius 1 is 0.559 bits per heavy atom. The van der Waals surface area contributed by atoms with E-state index in [1.165, 1.54) is 7.11 Å². The maximum absolute atomic E-state index is 13.9. The van der Waals surface area contributed by atoms with Gasteiger partial charge in [0.1, 0.15) is 30.5 Å². The first-order valence-corrected chi connectivity index (χ1v) is 20.1. The standard InChI is InChI=1S/C48H50O11/c1-32-39(51-28-33-18-8-3-9-19-33)41(52-29-34-20-10-4-11-21-34)43(53-30-35-22-12-5-13-23-35)48(55-32)59-44-42(57-45(49)36-24-14-6-15-25-36)40-38(56-47(44)50-2)31-54-46(58-40)37-26-16-7-17-27-37/h3-27,32,38-44,46-48H,28-31H2,1-2H3/t32?,38?,39-,40-,41?,42?,43?,44?,46?,47+,48+/m1/s1. The maximum atomic E-state index is 13.9. The Bertz CT molecular complexity index is 2010. The van der Waals surface area contributed by atoms with Crippen LogP contribution in [0.2, 0.25) is 0 Å². The molecule has 5 aromatic carbocycles. The van der Waals surface area contributed by atoms with Crippen molar-refractivity contribution in [3.8, 4) is 0 Å². The van der Waals surface area contributed by atoms with Gasteiger partial charge in [0.25, 0.3) is 0 Å². The summed E-state index contributed by atoms with van der Waals surface area (Å²) >= 11 is 0. The zero-order chi connectivity index (χ0) is 40.4. The van der Waals surface area contributed by atoms with E-state index in [-0.39, 0.29) is 19.8 Å². The minimum absolute atomic E-state index is 0.159. The Balaban J connectivity index is 1.13. The maximum Gasteiger partial charge on any atom is 0.338 e. The number of ether oxygens (including phenoxy) is 10. The summed E-state index contributed by atoms with van der Waals surface area (Å²) in [4.78, 5) is 13.9. The van der Waals surface area contributed by atoms with Crippen LogP contribution in [0.15, 0.2) is 152 Å². The summed E-state index contributed by atoms with van der Waals surface area (Å²) in [6, 6.07) is 48.2. The number of hydrogen-bond donors (Lipinski definition) is 0. The quantitative estimate of drug-likeness (QED) is 0.0978. The van der Waals surface area contributed by atoms with Gasteiger partial charge >= 0.3 is 5.97 Å². The third-order valence-corrected chi connectivity index (χ3v) is 10.7. The van der Waals surface area contributed by atoms with E-state index < -0.39 is 73.7 Å². The lowest BCUT2D eigenvalue weighted by Gasteiger charge is -2.50. The predicted octanol–water partition coefficient (Wildman–Crippen LogP) is 7.58. The highest BCUT2D eigenvalue weighted by atomic mass is 16.8. The first kappa shape index (κ1) is 41.0. The molecule has 11 atom stereocenters. The van der Waals surface area contributed by atoms with Crippen LogP contribution in [-0.2, 0) is 67.2 Å². The molecule has 11 nitrogen and oxygen atoms in total. The molecule has 0 bridgehead atoms. The predicted molar refractivity (Wildman–Crippen MR) is 216 cm³/mol. The van der Waals surface area contributed by atoms with Gasteiger partial charge in [0.15, 0.2) is 31.1 Å². The number of carbonyl (C=O) groups is 1. The molecule has 3 fully saturated rings. The Hall–Kier alpha value is -4.79. The van der Waals surface area contributed by atoms with Gasteiger partial charge < -0.3 is 47.4 Å². The van der Waals surface area contributed by atoms with Gasteiger partial charge in [-0.3, -0.25) is 0 Å². The highest BCUT2D eigenvalue weighted by molar-refractivity contribution is 5.89. The Kier molecular flexibility index (Phi) is 13.9. The van der Waals surface area contributed by atoms with E-state index in [0.717, 1.165) is 22.3 Å². The molecule has 0 spiro atoms. The van der Waals surface area contributed by atoms with E-state index in [1.807, 2.05) is 134 Å². The van der Waals surface area contributed by atoms with E-state index in [4.69, 9.17) is 47.4 Å². The van der Waals surface area contributed by atoms with Crippen LogP contribution in [0, 0.1) is 0 Å². The molecule has 59 heavy (non-hydrogen) atoms. The number of hydrogen-bond acceptors (Lipinski definition) is 11. The number of benzene rings is 5. The largest absolute Gasteiger partial charge is 0.453 e. The third-order valence-electron chi connectivity index (χ3n) is 10.7. The van der Waals surface area contributed by atoms with Gasteiger partial charge in [-0.1, -0.05) is 140 Å². The molecule has 3 aliphatic heterocycles. The fraction of sp³-hybridized carbons (Fsp3) is 0.354. The van der Waals surface area contributed by atoms with Crippen molar-refractivity contribution in [2.45, 2.75) is 94.4 Å². The molecule has 11 heteroatoms. The first-order valence-electron chi connectivity index (χ1n) is 20.1. The second-order valence-electron chi connectivity index (χ2n) is 14.8. The van der Waals surface area contributed by atoms with E-state index in [2.05, 4.69) is 0 Å². The van der Waals surface area contributed by atoms with Crippen molar-refractivity contribution in [1.29, 1.82) is 0 Å². The van der Waals surface area contributed by atoms with Crippen LogP contribution >= 0.6 is 0 Å². The van der Waals surface area contributed by atoms with E-state index in [0.29, 0.717) is 12.2 Å². The van der Waals surface area contributed by atoms with Crippen molar-refractivity contribution < 1.29 is 52.2 Å². The lowest BCUT2D eigenvalue weighted by molar-refractivity contribution is -0.393. The summed E-state index contributed by atoms with van der Waals surface area (Å²) in [7, 11) is 1.52. The van der Waals surface area contributed by atoms with E-state index >= 15 is 0 Å². The summed E-state index contributed by atoms with van der Waals surface area (Å²) in [5, 5.41) is 0. The fourth-order valence-electron chi connectivity index (χ4n) is 7.69. The molecule has 5 aromatic rings. The average Bonchev–Trinajstić information content (AvgIpc) is 3.29. The van der Waals surface area contributed by atoms with Crippen molar-refractivity contribution in [3.63, 3.8) is 0 Å². The molecule has 0 amide bonds. The van der Waals surface area contributed by atoms with Crippen LogP contribution in [0.5, 0.6) is 0 Å². The zero-order valence-electron chi connectivity index (χ0n) is 33.1. The number of carbonyl (C=O) groups excluding carboxylic acids is 1. The second-order valence-corrected chi connectivity index (χ2v) is 14.8. The number of methoxy groups -OCH3 is 1. The number of esters is 1. The van der Waals surface area contributed by atoms with Gasteiger partial charge in [-0.2, -0.15) is 0 Å². The van der Waals surface area contributed by atoms with E-state index in [1.54, 1.807) is 24.3 Å². The third kappa shape index (κ3) is 10.2. The first-order chi connectivity index (χ1) is 29.0. The molecule has 7 unspecified atom stereocenters. The van der Waals surface area contributed by atoms with Crippen molar-refractivity contribution in [1.82, 2.24) is 0 Å². The molecule has 3 saturated heterocycles. The van der Waals surface area contributed by atoms with Gasteiger partial charge in [0, 0.05) is 12.7 Å². The Morgan fingerprint density at radius 3 is 1.63 bits per heavy atom. The van der Waals surface area contributed by atoms with Crippen LogP contribution < -0.4 is 0 Å². The number of fused-ring (bicyclic) bond motifs is 1. The van der Waals surface area contributed by atoms with Crippen molar-refractivity contribution in [3.05, 3.63) is 179 Å². The average molecular weight is 803 g/mol. The highest BCUT2D eigenvalue weighted by Gasteiger charge is 2.56. The van der Waals surface area contributed by atoms with Gasteiger partial charge in [-0.25, -0.2) is 4.79 Å². The van der Waals surface area contributed by atoms with Crippen molar-refractivity contribution in [2.24, 2.45) is 0 Å². The molecule has 0 aromatic heterocycles. The summed E-state index contributed by atoms with van der Waals surface area (Å²) in [5.74, 6) is -0.556. The monoisotopic (exact) mass is 802 g/mol. The summed E-state index contributed by atoms with van der Waals surface area (Å²) in [6.45, 7) is 2.92. The molecular weight excluding hydrogens is 753 g/mol. The molecule has 0 aliphatic carbocycles. The van der Waals surface area contributed by atoms with Gasteiger partial charge in [0.2, 0.25) is 0 Å². The molecule has 3 aliphatic rings. The molecule has 308 valence electrons. The van der Waals surface area contributed by atoms with Crippen LogP contribution in [0.4, 0.5) is 0 Å². The second kappa shape index (κ2) is 20.0. The lowest BCUT2D eigenvalue weighted by atomic mass is 9.95. The molecule has 0 saturated carbocycles. The smallest absolute Gasteiger partial charge is 0.338 e. The van der Waals surface area contributed by atoms with E-state index in [9.17, 15) is 4.79 Å². The normalized spacial score (nSPS) is 29.3. The Morgan fingerprint density at radius 2 is 1.07 bits per heavy atom. The summed E-state index contributed by atoms with van der Waals surface area (Å²) in [5.41, 5.74) is 4.12. The summed E-state index contributed by atoms with van der Waals surface area (Å²) in [6.07, 6.45) is -9.02. The molecular formula is C48H50O11. The van der Waals surface area contributed by atoms with Crippen molar-refractivity contribution >= 4 is 5.97 Å². The van der Waals surface area contributed by atoms with Crippen molar-refractivity contribution in [2.75, 3.05) is 13.7 Å². The van der Waals surface area contributed by atoms with Crippen LogP contribution in [-0.4, -0.2) is 81.1 Å². The lowest BCUT2D eigenvalue weighted by Crippen LogP contribution is -2.67. The fourth-order valence-corrected chi connectivity index (χ4v) is 7.69. The minimum Gasteiger partial charge on any atom is -0.453 e. The SMILES string of the molecule is CO[C@H]1OC2COC(c3ccccc3)O[C@H]2C(OC(=O)c2ccccc2)C1O[C@@H]1OC(C)[C@@H](OCc2ccccc2)C(OCc2ccccc2)C1OCc1ccccc1. The summed E-state index contributed by atoms with van der Waals surface area (Å²) < 4.78 is 65.6. The Labute approximate surface area is 345 Å². The van der Waals surface area contributed by atoms with Gasteiger partial charge in [-0.05, 0) is 35.7 Å². The van der Waals surface area contributed by atoms with Gasteiger partial charge in [0.05, 0.1) is 38.1 Å². The molecule has 8 rings (SSSR count). The van der Waals surface area contributed by atoms with Crippen LogP contribution in [0.25, 0.3) is 0 Å². The zero-order valence-corrected chi connectivity index (χ0v) is 33.1. The highest BCUT2D eigenvalue weighted by Crippen LogP contribution is 2.39. The molecule has 0 N–H and O–H groups in total. The van der Waals surface area contributed by atoms with Gasteiger partial charge in [-0.15, -0.1) is 0 Å². The number of rotatable bonds is 15. The molecule has 0 radical (unpaired) electrons. The topological polar surface area (TPSA) is 109 Å². The minimum atomic E-state index is -1.07. The van der Waals surface area contributed by atoms with Crippen LogP contribution in [0.1, 0.15) is 45.8 Å².